The van der Waals surface area contributed by atoms with Crippen molar-refractivity contribution >= 4 is 9.84 Å². The molecule has 0 radical (unpaired) electrons. The molecular formula is C15H30N2O2S. The second kappa shape index (κ2) is 6.75. The van der Waals surface area contributed by atoms with Crippen LogP contribution in [0.1, 0.15) is 46.5 Å². The topological polar surface area (TPSA) is 49.4 Å². The zero-order valence-electron chi connectivity index (χ0n) is 13.1. The van der Waals surface area contributed by atoms with Crippen molar-refractivity contribution in [3.63, 3.8) is 0 Å². The van der Waals surface area contributed by atoms with E-state index in [1.165, 1.54) is 12.8 Å². The van der Waals surface area contributed by atoms with Gasteiger partial charge < -0.3 is 5.32 Å². The van der Waals surface area contributed by atoms with Crippen LogP contribution in [-0.2, 0) is 9.84 Å². The summed E-state index contributed by atoms with van der Waals surface area (Å²) in [6.45, 7) is 9.43. The predicted octanol–water partition coefficient (Wildman–Crippen LogP) is 1.66. The van der Waals surface area contributed by atoms with E-state index < -0.39 is 9.84 Å². The molecule has 2 rings (SSSR count). The minimum Gasteiger partial charge on any atom is -0.311 e. The first-order chi connectivity index (χ1) is 9.44. The van der Waals surface area contributed by atoms with E-state index in [9.17, 15) is 8.42 Å². The summed E-state index contributed by atoms with van der Waals surface area (Å²) in [5, 5.41) is 3.51. The van der Waals surface area contributed by atoms with Crippen LogP contribution < -0.4 is 5.32 Å². The summed E-state index contributed by atoms with van der Waals surface area (Å²) in [7, 11) is -2.83. The molecular weight excluding hydrogens is 272 g/mol. The van der Waals surface area contributed by atoms with Gasteiger partial charge in [-0.15, -0.1) is 0 Å². The number of sulfone groups is 1. The molecule has 2 heterocycles. The van der Waals surface area contributed by atoms with Crippen LogP contribution in [0.25, 0.3) is 0 Å². The summed E-state index contributed by atoms with van der Waals surface area (Å²) < 4.78 is 24.2. The van der Waals surface area contributed by atoms with E-state index in [1.54, 1.807) is 0 Å². The standard InChI is InChI=1S/C15H30N2O2S/c1-4-6-13-10-17(15(9-16-13)12(2)3)11-14-7-5-8-20(14,18)19/h12-16H,4-11H2,1-3H3. The van der Waals surface area contributed by atoms with Gasteiger partial charge in [0.25, 0.3) is 0 Å². The van der Waals surface area contributed by atoms with Crippen LogP contribution in [0.5, 0.6) is 0 Å². The lowest BCUT2D eigenvalue weighted by molar-refractivity contribution is 0.0953. The van der Waals surface area contributed by atoms with Crippen LogP contribution in [-0.4, -0.2) is 56.0 Å². The highest BCUT2D eigenvalue weighted by Gasteiger charge is 2.37. The Morgan fingerprint density at radius 3 is 2.65 bits per heavy atom. The van der Waals surface area contributed by atoms with Crippen molar-refractivity contribution in [1.29, 1.82) is 0 Å². The second-order valence-electron chi connectivity index (χ2n) is 6.79. The molecule has 2 saturated heterocycles. The van der Waals surface area contributed by atoms with Gasteiger partial charge in [0, 0.05) is 31.7 Å². The average molecular weight is 302 g/mol. The van der Waals surface area contributed by atoms with Gasteiger partial charge in [-0.3, -0.25) is 4.90 Å². The molecule has 0 aromatic heterocycles. The van der Waals surface area contributed by atoms with Crippen LogP contribution in [0.15, 0.2) is 0 Å². The normalized spacial score (nSPS) is 34.7. The Morgan fingerprint density at radius 2 is 2.10 bits per heavy atom. The fraction of sp³-hybridized carbons (Fsp3) is 1.00. The van der Waals surface area contributed by atoms with E-state index >= 15 is 0 Å². The molecule has 1 N–H and O–H groups in total. The van der Waals surface area contributed by atoms with Crippen molar-refractivity contribution in [2.24, 2.45) is 5.92 Å². The first-order valence-corrected chi connectivity index (χ1v) is 9.84. The van der Waals surface area contributed by atoms with Crippen LogP contribution in [0, 0.1) is 5.92 Å². The summed E-state index contributed by atoms with van der Waals surface area (Å²) in [6, 6.07) is 0.998. The van der Waals surface area contributed by atoms with Crippen LogP contribution in [0.2, 0.25) is 0 Å². The fourth-order valence-electron chi connectivity index (χ4n) is 3.63. The maximum atomic E-state index is 12.1. The summed E-state index contributed by atoms with van der Waals surface area (Å²) in [6.07, 6.45) is 4.07. The highest BCUT2D eigenvalue weighted by molar-refractivity contribution is 7.92. The van der Waals surface area contributed by atoms with Crippen molar-refractivity contribution in [3.05, 3.63) is 0 Å². The number of rotatable bonds is 5. The summed E-state index contributed by atoms with van der Waals surface area (Å²) in [5.41, 5.74) is 0. The first kappa shape index (κ1) is 16.2. The Hall–Kier alpha value is -0.130. The van der Waals surface area contributed by atoms with E-state index in [4.69, 9.17) is 0 Å². The van der Waals surface area contributed by atoms with E-state index in [0.717, 1.165) is 32.5 Å². The largest absolute Gasteiger partial charge is 0.311 e. The van der Waals surface area contributed by atoms with E-state index in [1.807, 2.05) is 0 Å². The predicted molar refractivity (Wildman–Crippen MR) is 83.7 cm³/mol. The SMILES string of the molecule is CCCC1CN(CC2CCCS2(=O)=O)C(C(C)C)CN1. The maximum absolute atomic E-state index is 12.1. The van der Waals surface area contributed by atoms with Gasteiger partial charge in [-0.2, -0.15) is 0 Å². The van der Waals surface area contributed by atoms with E-state index in [2.05, 4.69) is 31.0 Å². The molecule has 0 aliphatic carbocycles. The van der Waals surface area contributed by atoms with Crippen molar-refractivity contribution in [2.45, 2.75) is 63.8 Å². The maximum Gasteiger partial charge on any atom is 0.154 e. The second-order valence-corrected chi connectivity index (χ2v) is 9.19. The summed E-state index contributed by atoms with van der Waals surface area (Å²) in [4.78, 5) is 2.45. The van der Waals surface area contributed by atoms with Gasteiger partial charge in [-0.05, 0) is 25.2 Å². The van der Waals surface area contributed by atoms with E-state index in [-0.39, 0.29) is 5.25 Å². The molecule has 2 aliphatic heterocycles. The van der Waals surface area contributed by atoms with Crippen LogP contribution in [0.4, 0.5) is 0 Å². The van der Waals surface area contributed by atoms with Gasteiger partial charge in [0.05, 0.1) is 11.0 Å². The van der Waals surface area contributed by atoms with E-state index in [0.29, 0.717) is 23.8 Å². The van der Waals surface area contributed by atoms with Gasteiger partial charge in [0.15, 0.2) is 9.84 Å². The Kier molecular flexibility index (Phi) is 5.49. The Morgan fingerprint density at radius 1 is 1.35 bits per heavy atom. The Balaban J connectivity index is 2.03. The molecule has 0 spiro atoms. The van der Waals surface area contributed by atoms with Gasteiger partial charge >= 0.3 is 0 Å². The van der Waals surface area contributed by atoms with Crippen molar-refractivity contribution in [3.8, 4) is 0 Å². The van der Waals surface area contributed by atoms with Gasteiger partial charge in [0.2, 0.25) is 0 Å². The van der Waals surface area contributed by atoms with Gasteiger partial charge in [-0.25, -0.2) is 8.42 Å². The van der Waals surface area contributed by atoms with Gasteiger partial charge in [-0.1, -0.05) is 27.2 Å². The minimum absolute atomic E-state index is 0.121. The molecule has 2 aliphatic rings. The molecule has 3 atom stereocenters. The van der Waals surface area contributed by atoms with Crippen molar-refractivity contribution in [2.75, 3.05) is 25.4 Å². The number of nitrogens with one attached hydrogen (secondary N) is 1. The third-order valence-corrected chi connectivity index (χ3v) is 7.11. The molecule has 4 nitrogen and oxygen atoms in total. The molecule has 20 heavy (non-hydrogen) atoms. The average Bonchev–Trinajstić information content (AvgIpc) is 2.69. The smallest absolute Gasteiger partial charge is 0.154 e. The Bertz CT molecular complexity index is 408. The molecule has 0 bridgehead atoms. The summed E-state index contributed by atoms with van der Waals surface area (Å²) in [5.74, 6) is 0.961. The lowest BCUT2D eigenvalue weighted by Gasteiger charge is -2.43. The van der Waals surface area contributed by atoms with Crippen LogP contribution in [0.3, 0.4) is 0 Å². The number of piperazine rings is 1. The molecule has 5 heteroatoms. The highest BCUT2D eigenvalue weighted by atomic mass is 32.2. The molecule has 2 fully saturated rings. The number of hydrogen-bond donors (Lipinski definition) is 1. The van der Waals surface area contributed by atoms with Crippen LogP contribution >= 0.6 is 0 Å². The fourth-order valence-corrected chi connectivity index (χ4v) is 5.48. The minimum atomic E-state index is -2.83. The Labute approximate surface area is 124 Å². The number of hydrogen-bond acceptors (Lipinski definition) is 4. The molecule has 0 aromatic carbocycles. The monoisotopic (exact) mass is 302 g/mol. The number of nitrogens with zero attached hydrogens (tertiary/aromatic N) is 1. The molecule has 0 amide bonds. The van der Waals surface area contributed by atoms with Crippen molar-refractivity contribution < 1.29 is 8.42 Å². The molecule has 0 saturated carbocycles. The van der Waals surface area contributed by atoms with Gasteiger partial charge in [0.1, 0.15) is 0 Å². The molecule has 0 aromatic rings. The molecule has 118 valence electrons. The third kappa shape index (κ3) is 3.74. The quantitative estimate of drug-likeness (QED) is 0.839. The van der Waals surface area contributed by atoms with Crippen molar-refractivity contribution in [1.82, 2.24) is 10.2 Å². The third-order valence-electron chi connectivity index (χ3n) is 4.85. The molecule has 3 unspecified atom stereocenters. The zero-order chi connectivity index (χ0) is 14.8. The first-order valence-electron chi connectivity index (χ1n) is 8.13. The summed E-state index contributed by atoms with van der Waals surface area (Å²) >= 11 is 0. The zero-order valence-corrected chi connectivity index (χ0v) is 14.0. The lowest BCUT2D eigenvalue weighted by Crippen LogP contribution is -2.59. The lowest BCUT2D eigenvalue weighted by atomic mass is 9.96. The highest BCUT2D eigenvalue weighted by Crippen LogP contribution is 2.24.